The highest BCUT2D eigenvalue weighted by atomic mass is 16.5. The topological polar surface area (TPSA) is 113 Å². The molecule has 170 valence electrons. The number of nitrogens with zero attached hydrogens (tertiary/aromatic N) is 7. The van der Waals surface area contributed by atoms with Crippen LogP contribution >= 0.6 is 0 Å². The maximum atomic E-state index is 12.6. The Morgan fingerprint density at radius 1 is 1.15 bits per heavy atom. The first-order chi connectivity index (χ1) is 15.9. The van der Waals surface area contributed by atoms with E-state index in [0.717, 1.165) is 22.4 Å². The molecule has 10 heteroatoms. The second-order valence-corrected chi connectivity index (χ2v) is 8.03. The molecule has 1 atom stereocenters. The van der Waals surface area contributed by atoms with E-state index in [1.165, 1.54) is 4.80 Å². The summed E-state index contributed by atoms with van der Waals surface area (Å²) in [5.74, 6) is 0.946. The van der Waals surface area contributed by atoms with Gasteiger partial charge in [0, 0.05) is 37.4 Å². The molecule has 1 aromatic carbocycles. The summed E-state index contributed by atoms with van der Waals surface area (Å²) in [5.41, 5.74) is 3.87. The third-order valence-electron chi connectivity index (χ3n) is 5.32. The molecule has 1 unspecified atom stereocenters. The van der Waals surface area contributed by atoms with Crippen LogP contribution in [0.3, 0.4) is 0 Å². The maximum absolute atomic E-state index is 12.6. The lowest BCUT2D eigenvalue weighted by atomic mass is 10.0. The van der Waals surface area contributed by atoms with E-state index in [1.54, 1.807) is 36.3 Å². The van der Waals surface area contributed by atoms with Gasteiger partial charge in [0.2, 0.25) is 5.82 Å². The average Bonchev–Trinajstić information content (AvgIpc) is 3.42. The second-order valence-electron chi connectivity index (χ2n) is 8.03. The number of carbonyl (C=O) groups excluding carboxylic acids is 1. The average molecular weight is 447 g/mol. The number of carbonyl (C=O) groups is 1. The summed E-state index contributed by atoms with van der Waals surface area (Å²) in [4.78, 5) is 18.3. The number of ether oxygens (including phenoxy) is 1. The number of methoxy groups -OCH3 is 1. The van der Waals surface area contributed by atoms with Crippen LogP contribution in [0.4, 0.5) is 5.82 Å². The summed E-state index contributed by atoms with van der Waals surface area (Å²) in [7, 11) is 3.45. The van der Waals surface area contributed by atoms with Crippen LogP contribution in [0.25, 0.3) is 22.6 Å². The lowest BCUT2D eigenvalue weighted by Crippen LogP contribution is -2.19. The third kappa shape index (κ3) is 4.51. The minimum atomic E-state index is -0.316. The molecule has 3 aromatic heterocycles. The zero-order chi connectivity index (χ0) is 23.5. The van der Waals surface area contributed by atoms with Gasteiger partial charge >= 0.3 is 0 Å². The molecule has 0 saturated heterocycles. The monoisotopic (exact) mass is 446 g/mol. The lowest BCUT2D eigenvalue weighted by Gasteiger charge is -2.16. The summed E-state index contributed by atoms with van der Waals surface area (Å²) in [6.07, 6.45) is 3.08. The zero-order valence-corrected chi connectivity index (χ0v) is 19.2. The Morgan fingerprint density at radius 3 is 2.58 bits per heavy atom. The molecule has 3 heterocycles. The Bertz CT molecular complexity index is 1260. The van der Waals surface area contributed by atoms with Crippen molar-refractivity contribution in [2.75, 3.05) is 12.4 Å². The van der Waals surface area contributed by atoms with E-state index in [1.807, 2.05) is 52.1 Å². The van der Waals surface area contributed by atoms with Crippen molar-refractivity contribution in [1.29, 1.82) is 0 Å². The van der Waals surface area contributed by atoms with Gasteiger partial charge in [-0.15, -0.1) is 15.0 Å². The molecule has 0 spiro atoms. The molecule has 0 fully saturated rings. The smallest absolute Gasteiger partial charge is 0.256 e. The second kappa shape index (κ2) is 9.29. The number of hydrogen-bond donors (Lipinski definition) is 1. The Kier molecular flexibility index (Phi) is 6.27. The van der Waals surface area contributed by atoms with E-state index in [4.69, 9.17) is 4.74 Å². The van der Waals surface area contributed by atoms with Gasteiger partial charge < -0.3 is 10.1 Å². The van der Waals surface area contributed by atoms with Crippen molar-refractivity contribution in [3.05, 3.63) is 59.9 Å². The standard InChI is InChI=1S/C23H26N8O2/c1-14(2)23(33-5)31-28-21(27-29-31)19-18(13-25-30(19)4)16-8-10-17(11-9-16)22(32)26-20-15(3)7-6-12-24-20/h6-14,23H,1-5H3,(H,24,26,32). The molecule has 0 radical (unpaired) electrons. The number of pyridine rings is 1. The van der Waals surface area contributed by atoms with Crippen molar-refractivity contribution in [1.82, 2.24) is 35.0 Å². The van der Waals surface area contributed by atoms with E-state index in [-0.39, 0.29) is 18.1 Å². The Labute approximate surface area is 191 Å². The number of aryl methyl sites for hydroxylation is 2. The van der Waals surface area contributed by atoms with Gasteiger partial charge in [0.25, 0.3) is 5.91 Å². The van der Waals surface area contributed by atoms with Gasteiger partial charge in [0.15, 0.2) is 6.23 Å². The normalized spacial score (nSPS) is 12.2. The van der Waals surface area contributed by atoms with Crippen LogP contribution < -0.4 is 5.32 Å². The van der Waals surface area contributed by atoms with E-state index >= 15 is 0 Å². The number of amides is 1. The summed E-state index contributed by atoms with van der Waals surface area (Å²) in [6.45, 7) is 5.95. The number of rotatable bonds is 7. The molecule has 1 N–H and O–H groups in total. The summed E-state index contributed by atoms with van der Waals surface area (Å²) >= 11 is 0. The fourth-order valence-corrected chi connectivity index (χ4v) is 3.57. The molecule has 1 amide bonds. The predicted molar refractivity (Wildman–Crippen MR) is 123 cm³/mol. The largest absolute Gasteiger partial charge is 0.358 e. The lowest BCUT2D eigenvalue weighted by molar-refractivity contribution is -0.0148. The van der Waals surface area contributed by atoms with Gasteiger partial charge in [0.1, 0.15) is 11.5 Å². The molecule has 0 aliphatic heterocycles. The highest BCUT2D eigenvalue weighted by molar-refractivity contribution is 6.04. The van der Waals surface area contributed by atoms with Crippen molar-refractivity contribution >= 4 is 11.7 Å². The van der Waals surface area contributed by atoms with Crippen molar-refractivity contribution < 1.29 is 9.53 Å². The minimum Gasteiger partial charge on any atom is -0.358 e. The Hall–Kier alpha value is -3.92. The molecule has 33 heavy (non-hydrogen) atoms. The van der Waals surface area contributed by atoms with Gasteiger partial charge in [0.05, 0.1) is 6.20 Å². The van der Waals surface area contributed by atoms with Gasteiger partial charge in [-0.1, -0.05) is 32.0 Å². The van der Waals surface area contributed by atoms with Gasteiger partial charge in [-0.05, 0) is 41.5 Å². The highest BCUT2D eigenvalue weighted by Crippen LogP contribution is 2.30. The van der Waals surface area contributed by atoms with Crippen molar-refractivity contribution in [3.8, 4) is 22.6 Å². The van der Waals surface area contributed by atoms with Crippen LogP contribution in [0.1, 0.15) is 36.0 Å². The number of aromatic nitrogens is 7. The first-order valence-corrected chi connectivity index (χ1v) is 10.6. The fraction of sp³-hybridized carbons (Fsp3) is 0.304. The maximum Gasteiger partial charge on any atom is 0.256 e. The van der Waals surface area contributed by atoms with E-state index < -0.39 is 0 Å². The van der Waals surface area contributed by atoms with Gasteiger partial charge in [-0.3, -0.25) is 9.48 Å². The Morgan fingerprint density at radius 2 is 1.91 bits per heavy atom. The van der Waals surface area contributed by atoms with Crippen LogP contribution in [0.15, 0.2) is 48.8 Å². The first-order valence-electron chi connectivity index (χ1n) is 10.6. The molecule has 10 nitrogen and oxygen atoms in total. The van der Waals surface area contributed by atoms with E-state index in [9.17, 15) is 4.79 Å². The summed E-state index contributed by atoms with van der Waals surface area (Å²) in [6, 6.07) is 11.0. The van der Waals surface area contributed by atoms with Crippen LogP contribution in [0.5, 0.6) is 0 Å². The van der Waals surface area contributed by atoms with Crippen molar-refractivity contribution in [3.63, 3.8) is 0 Å². The van der Waals surface area contributed by atoms with E-state index in [0.29, 0.717) is 17.2 Å². The molecular weight excluding hydrogens is 420 g/mol. The fourth-order valence-electron chi connectivity index (χ4n) is 3.57. The molecule has 0 saturated carbocycles. The number of tetrazole rings is 1. The number of nitrogens with one attached hydrogen (secondary N) is 1. The number of benzene rings is 1. The highest BCUT2D eigenvalue weighted by Gasteiger charge is 2.22. The van der Waals surface area contributed by atoms with Crippen molar-refractivity contribution in [2.24, 2.45) is 13.0 Å². The quantitative estimate of drug-likeness (QED) is 0.462. The van der Waals surface area contributed by atoms with Gasteiger partial charge in [-0.2, -0.15) is 5.10 Å². The van der Waals surface area contributed by atoms with Crippen molar-refractivity contribution in [2.45, 2.75) is 27.0 Å². The zero-order valence-electron chi connectivity index (χ0n) is 19.2. The molecule has 4 rings (SSSR count). The summed E-state index contributed by atoms with van der Waals surface area (Å²) in [5, 5.41) is 20.2. The molecular formula is C23H26N8O2. The van der Waals surface area contributed by atoms with Crippen LogP contribution in [-0.2, 0) is 11.8 Å². The minimum absolute atomic E-state index is 0.177. The summed E-state index contributed by atoms with van der Waals surface area (Å²) < 4.78 is 7.20. The van der Waals surface area contributed by atoms with Gasteiger partial charge in [-0.25, -0.2) is 4.98 Å². The van der Waals surface area contributed by atoms with Crippen LogP contribution in [-0.4, -0.2) is 48.0 Å². The SMILES string of the molecule is COC(C(C)C)n1nnc(-c2c(-c3ccc(C(=O)Nc4ncccc4C)cc3)cnn2C)n1. The molecule has 0 aliphatic rings. The van der Waals surface area contributed by atoms with Crippen LogP contribution in [0, 0.1) is 12.8 Å². The van der Waals surface area contributed by atoms with Crippen LogP contribution in [0.2, 0.25) is 0 Å². The Balaban J connectivity index is 1.60. The number of hydrogen-bond acceptors (Lipinski definition) is 7. The van der Waals surface area contributed by atoms with E-state index in [2.05, 4.69) is 30.8 Å². The third-order valence-corrected chi connectivity index (χ3v) is 5.32. The molecule has 0 aliphatic carbocycles. The molecule has 4 aromatic rings. The molecule has 0 bridgehead atoms. The predicted octanol–water partition coefficient (Wildman–Crippen LogP) is 3.50. The number of anilines is 1. The first kappa shape index (κ1) is 22.3.